The lowest BCUT2D eigenvalue weighted by Crippen LogP contribution is -2.59. The molecule has 0 aromatic rings. The molecule has 0 aliphatic carbocycles. The largest absolute Gasteiger partial charge is 0.383 e. The fourth-order valence-corrected chi connectivity index (χ4v) is 4.49. The first-order valence-corrected chi connectivity index (χ1v) is 7.28. The number of thioether (sulfide) groups is 1. The van der Waals surface area contributed by atoms with Gasteiger partial charge in [-0.15, -0.1) is 0 Å². The smallest absolute Gasteiger partial charge is 0.0655 e. The molecule has 2 aliphatic rings. The van der Waals surface area contributed by atoms with Crippen molar-refractivity contribution in [3.05, 3.63) is 0 Å². The number of hydrogen-bond acceptors (Lipinski definition) is 3. The molecule has 1 N–H and O–H groups in total. The SMILES string of the molecule is COCC1(C2CCCCS2)CCCCN1. The summed E-state index contributed by atoms with van der Waals surface area (Å²) in [4.78, 5) is 0. The minimum atomic E-state index is 0.290. The zero-order valence-corrected chi connectivity index (χ0v) is 10.6. The highest BCUT2D eigenvalue weighted by atomic mass is 32.2. The first-order valence-electron chi connectivity index (χ1n) is 6.23. The zero-order valence-electron chi connectivity index (χ0n) is 9.76. The number of nitrogens with one attached hydrogen (secondary N) is 1. The third-order valence-corrected chi connectivity index (χ3v) is 5.34. The summed E-state index contributed by atoms with van der Waals surface area (Å²) in [5.74, 6) is 1.35. The summed E-state index contributed by atoms with van der Waals surface area (Å²) in [6, 6.07) is 0. The van der Waals surface area contributed by atoms with Crippen LogP contribution in [0, 0.1) is 0 Å². The van der Waals surface area contributed by atoms with Crippen LogP contribution >= 0.6 is 11.8 Å². The van der Waals surface area contributed by atoms with Crippen molar-refractivity contribution in [2.45, 2.75) is 49.3 Å². The van der Waals surface area contributed by atoms with E-state index in [-0.39, 0.29) is 5.54 Å². The van der Waals surface area contributed by atoms with Gasteiger partial charge >= 0.3 is 0 Å². The molecule has 2 nitrogen and oxygen atoms in total. The molecule has 2 aliphatic heterocycles. The summed E-state index contributed by atoms with van der Waals surface area (Å²) in [5.41, 5.74) is 0.290. The molecule has 0 aromatic carbocycles. The van der Waals surface area contributed by atoms with Gasteiger partial charge in [-0.3, -0.25) is 0 Å². The maximum absolute atomic E-state index is 5.46. The molecular formula is C12H23NOS. The molecule has 88 valence electrons. The Labute approximate surface area is 97.5 Å². The third-order valence-electron chi connectivity index (χ3n) is 3.72. The highest BCUT2D eigenvalue weighted by Crippen LogP contribution is 2.37. The fourth-order valence-electron chi connectivity index (χ4n) is 2.92. The molecule has 0 spiro atoms. The number of hydrogen-bond donors (Lipinski definition) is 1. The van der Waals surface area contributed by atoms with E-state index < -0.39 is 0 Å². The molecule has 0 bridgehead atoms. The van der Waals surface area contributed by atoms with Gasteiger partial charge in [0, 0.05) is 12.4 Å². The van der Waals surface area contributed by atoms with E-state index in [2.05, 4.69) is 17.1 Å². The second kappa shape index (κ2) is 5.55. The van der Waals surface area contributed by atoms with Crippen molar-refractivity contribution >= 4 is 11.8 Å². The molecule has 2 atom stereocenters. The predicted octanol–water partition coefficient (Wildman–Crippen LogP) is 2.43. The van der Waals surface area contributed by atoms with E-state index in [1.807, 2.05) is 7.11 Å². The zero-order chi connectivity index (χ0) is 10.6. The molecule has 15 heavy (non-hydrogen) atoms. The quantitative estimate of drug-likeness (QED) is 0.803. The maximum Gasteiger partial charge on any atom is 0.0655 e. The topological polar surface area (TPSA) is 21.3 Å². The van der Waals surface area contributed by atoms with Crippen LogP contribution in [-0.2, 0) is 4.74 Å². The summed E-state index contributed by atoms with van der Waals surface area (Å²) in [6.45, 7) is 2.07. The summed E-state index contributed by atoms with van der Waals surface area (Å²) >= 11 is 2.17. The van der Waals surface area contributed by atoms with E-state index in [0.717, 1.165) is 11.9 Å². The minimum Gasteiger partial charge on any atom is -0.383 e. The molecule has 3 heteroatoms. The van der Waals surface area contributed by atoms with Crippen LogP contribution in [0.4, 0.5) is 0 Å². The fraction of sp³-hybridized carbons (Fsp3) is 1.00. The second-order valence-corrected chi connectivity index (χ2v) is 6.14. The van der Waals surface area contributed by atoms with E-state index in [9.17, 15) is 0 Å². The van der Waals surface area contributed by atoms with Crippen molar-refractivity contribution < 1.29 is 4.74 Å². The normalized spacial score (nSPS) is 37.8. The van der Waals surface area contributed by atoms with Gasteiger partial charge in [0.25, 0.3) is 0 Å². The monoisotopic (exact) mass is 229 g/mol. The third kappa shape index (κ3) is 2.69. The first-order chi connectivity index (χ1) is 7.37. The van der Waals surface area contributed by atoms with E-state index in [1.165, 1.54) is 50.8 Å². The minimum absolute atomic E-state index is 0.290. The summed E-state index contributed by atoms with van der Waals surface area (Å²) < 4.78 is 5.46. The number of rotatable bonds is 3. The van der Waals surface area contributed by atoms with Gasteiger partial charge in [0.05, 0.1) is 12.1 Å². The van der Waals surface area contributed by atoms with Crippen molar-refractivity contribution in [1.82, 2.24) is 5.32 Å². The Morgan fingerprint density at radius 3 is 2.87 bits per heavy atom. The Morgan fingerprint density at radius 1 is 1.33 bits per heavy atom. The van der Waals surface area contributed by atoms with Crippen LogP contribution in [0.3, 0.4) is 0 Å². The van der Waals surface area contributed by atoms with Crippen LogP contribution in [0.1, 0.15) is 38.5 Å². The predicted molar refractivity (Wildman–Crippen MR) is 66.6 cm³/mol. The average molecular weight is 229 g/mol. The molecule has 2 rings (SSSR count). The highest BCUT2D eigenvalue weighted by Gasteiger charge is 2.40. The van der Waals surface area contributed by atoms with E-state index in [1.54, 1.807) is 0 Å². The maximum atomic E-state index is 5.46. The number of piperidine rings is 1. The van der Waals surface area contributed by atoms with Crippen LogP contribution in [0.2, 0.25) is 0 Å². The van der Waals surface area contributed by atoms with Gasteiger partial charge in [-0.05, 0) is 38.0 Å². The molecule has 2 fully saturated rings. The van der Waals surface area contributed by atoms with Gasteiger partial charge in [-0.2, -0.15) is 11.8 Å². The molecule has 2 unspecified atom stereocenters. The second-order valence-electron chi connectivity index (χ2n) is 4.83. The van der Waals surface area contributed by atoms with Crippen LogP contribution in [-0.4, -0.2) is 36.8 Å². The van der Waals surface area contributed by atoms with Crippen LogP contribution in [0.15, 0.2) is 0 Å². The van der Waals surface area contributed by atoms with Crippen molar-refractivity contribution in [3.63, 3.8) is 0 Å². The van der Waals surface area contributed by atoms with E-state index in [0.29, 0.717) is 0 Å². The van der Waals surface area contributed by atoms with Crippen LogP contribution in [0.5, 0.6) is 0 Å². The van der Waals surface area contributed by atoms with Crippen molar-refractivity contribution in [2.24, 2.45) is 0 Å². The van der Waals surface area contributed by atoms with Gasteiger partial charge in [0.1, 0.15) is 0 Å². The molecular weight excluding hydrogens is 206 g/mol. The van der Waals surface area contributed by atoms with Crippen molar-refractivity contribution in [3.8, 4) is 0 Å². The molecule has 0 saturated carbocycles. The standard InChI is InChI=1S/C12H23NOS/c1-14-10-12(7-3-4-8-13-12)11-6-2-5-9-15-11/h11,13H,2-10H2,1H3. The van der Waals surface area contributed by atoms with Gasteiger partial charge < -0.3 is 10.1 Å². The lowest BCUT2D eigenvalue weighted by Gasteiger charge is -2.45. The summed E-state index contributed by atoms with van der Waals surface area (Å²) in [6.07, 6.45) is 8.20. The Morgan fingerprint density at radius 2 is 2.27 bits per heavy atom. The highest BCUT2D eigenvalue weighted by molar-refractivity contribution is 8.00. The van der Waals surface area contributed by atoms with Gasteiger partial charge in [-0.1, -0.05) is 12.8 Å². The van der Waals surface area contributed by atoms with Gasteiger partial charge in [-0.25, -0.2) is 0 Å². The van der Waals surface area contributed by atoms with E-state index >= 15 is 0 Å². The summed E-state index contributed by atoms with van der Waals surface area (Å²) in [7, 11) is 1.84. The average Bonchev–Trinajstić information content (AvgIpc) is 2.32. The number of ether oxygens (including phenoxy) is 1. The van der Waals surface area contributed by atoms with Crippen LogP contribution < -0.4 is 5.32 Å². The van der Waals surface area contributed by atoms with E-state index in [4.69, 9.17) is 4.74 Å². The van der Waals surface area contributed by atoms with Gasteiger partial charge in [0.15, 0.2) is 0 Å². The molecule has 2 heterocycles. The van der Waals surface area contributed by atoms with Crippen molar-refractivity contribution in [2.75, 3.05) is 26.0 Å². The Balaban J connectivity index is 2.01. The Hall–Kier alpha value is 0.270. The molecule has 0 aromatic heterocycles. The lowest BCUT2D eigenvalue weighted by atomic mass is 9.84. The Kier molecular flexibility index (Phi) is 4.35. The molecule has 2 saturated heterocycles. The van der Waals surface area contributed by atoms with Crippen molar-refractivity contribution in [1.29, 1.82) is 0 Å². The van der Waals surface area contributed by atoms with Gasteiger partial charge in [0.2, 0.25) is 0 Å². The summed E-state index contributed by atoms with van der Waals surface area (Å²) in [5, 5.41) is 4.54. The Bertz CT molecular complexity index is 181. The molecule has 0 amide bonds. The lowest BCUT2D eigenvalue weighted by molar-refractivity contribution is 0.0850. The first kappa shape index (κ1) is 11.7. The molecule has 0 radical (unpaired) electrons. The van der Waals surface area contributed by atoms with Crippen LogP contribution in [0.25, 0.3) is 0 Å². The number of methoxy groups -OCH3 is 1.